The van der Waals surface area contributed by atoms with E-state index in [2.05, 4.69) is 20.6 Å². The van der Waals surface area contributed by atoms with E-state index in [0.29, 0.717) is 22.4 Å². The van der Waals surface area contributed by atoms with Crippen molar-refractivity contribution in [1.82, 2.24) is 14.9 Å². The number of halogens is 1. The highest BCUT2D eigenvalue weighted by Gasteiger charge is 2.20. The van der Waals surface area contributed by atoms with E-state index < -0.39 is 0 Å². The molecule has 0 radical (unpaired) electrons. The van der Waals surface area contributed by atoms with E-state index in [4.69, 9.17) is 11.6 Å². The van der Waals surface area contributed by atoms with Gasteiger partial charge in [-0.3, -0.25) is 4.79 Å². The van der Waals surface area contributed by atoms with Crippen LogP contribution < -0.4 is 10.6 Å². The van der Waals surface area contributed by atoms with E-state index in [0.717, 1.165) is 26.9 Å². The highest BCUT2D eigenvalue weighted by molar-refractivity contribution is 7.23. The maximum absolute atomic E-state index is 12.3. The molecule has 4 aromatic rings. The normalized spacial score (nSPS) is 12.4. The summed E-state index contributed by atoms with van der Waals surface area (Å²) in [4.78, 5) is 23.9. The van der Waals surface area contributed by atoms with Gasteiger partial charge in [0, 0.05) is 23.9 Å². The van der Waals surface area contributed by atoms with E-state index in [9.17, 15) is 9.90 Å². The molecule has 0 unspecified atom stereocenters. The molecule has 2 aromatic carbocycles. The molecule has 7 nitrogen and oxygen atoms in total. The zero-order chi connectivity index (χ0) is 24.8. The number of nitrogens with one attached hydrogen (secondary N) is 2. The van der Waals surface area contributed by atoms with Crippen LogP contribution in [0, 0.1) is 0 Å². The van der Waals surface area contributed by atoms with Crippen molar-refractivity contribution in [2.24, 2.45) is 0 Å². The third kappa shape index (κ3) is 6.04. The fraction of sp³-hybridized carbons (Fsp3) is 0.192. The number of carbonyl (C=O) groups is 1. The van der Waals surface area contributed by atoms with Crippen molar-refractivity contribution in [3.63, 3.8) is 0 Å². The quantitative estimate of drug-likeness (QED) is 0.269. The standard InChI is InChI=1S/C26H26ClN5O2S/c1-32(2)13-7-12-21(34)30-19-11-6-10-18(14-19)22-23-25(28-16-29-26(23)35-24(22)27)31-20(15-33)17-8-4-3-5-9-17/h3-12,14,16,20,33H,13,15H2,1-2H3,(H,30,34)(H,28,29,31)/t20-/m1/s1. The number of rotatable bonds is 9. The summed E-state index contributed by atoms with van der Waals surface area (Å²) in [6, 6.07) is 16.9. The van der Waals surface area contributed by atoms with Crippen LogP contribution in [0.4, 0.5) is 11.5 Å². The Kier molecular flexibility index (Phi) is 8.09. The predicted molar refractivity (Wildman–Crippen MR) is 144 cm³/mol. The SMILES string of the molecule is CN(C)CC=CC(=O)Nc1cccc(-c2c(Cl)sc3ncnc(N[C@H](CO)c4ccccc4)c23)c1. The largest absolute Gasteiger partial charge is 0.394 e. The molecule has 0 spiro atoms. The summed E-state index contributed by atoms with van der Waals surface area (Å²) >= 11 is 8.05. The second-order valence-corrected chi connectivity index (χ2v) is 9.78. The molecule has 0 aliphatic rings. The second kappa shape index (κ2) is 11.4. The van der Waals surface area contributed by atoms with Crippen LogP contribution in [0.15, 0.2) is 73.1 Å². The van der Waals surface area contributed by atoms with Crippen LogP contribution in [-0.4, -0.2) is 53.1 Å². The van der Waals surface area contributed by atoms with Crippen LogP contribution in [0.5, 0.6) is 0 Å². The van der Waals surface area contributed by atoms with E-state index >= 15 is 0 Å². The molecular formula is C26H26ClN5O2S. The number of likely N-dealkylation sites (N-methyl/N-ethyl adjacent to an activating group) is 1. The maximum Gasteiger partial charge on any atom is 0.248 e. The number of benzene rings is 2. The highest BCUT2D eigenvalue weighted by Crippen LogP contribution is 2.44. The topological polar surface area (TPSA) is 90.4 Å². The fourth-order valence-electron chi connectivity index (χ4n) is 3.67. The Bertz CT molecular complexity index is 1340. The average Bonchev–Trinajstić information content (AvgIpc) is 3.19. The molecule has 0 bridgehead atoms. The number of thiophene rings is 1. The van der Waals surface area contributed by atoms with Gasteiger partial charge >= 0.3 is 0 Å². The van der Waals surface area contributed by atoms with Gasteiger partial charge in [-0.1, -0.05) is 60.1 Å². The number of aliphatic hydroxyl groups excluding tert-OH is 1. The molecule has 0 aliphatic heterocycles. The second-order valence-electron chi connectivity index (χ2n) is 8.18. The third-order valence-corrected chi connectivity index (χ3v) is 6.61. The van der Waals surface area contributed by atoms with Crippen molar-refractivity contribution in [2.45, 2.75) is 6.04 Å². The Morgan fingerprint density at radius 2 is 1.97 bits per heavy atom. The van der Waals surface area contributed by atoms with Gasteiger partial charge in [0.2, 0.25) is 5.91 Å². The maximum atomic E-state index is 12.3. The third-order valence-electron chi connectivity index (χ3n) is 5.30. The zero-order valence-corrected chi connectivity index (χ0v) is 21.0. The Morgan fingerprint density at radius 3 is 2.71 bits per heavy atom. The Labute approximate surface area is 213 Å². The summed E-state index contributed by atoms with van der Waals surface area (Å²) in [5.74, 6) is 0.377. The molecule has 0 saturated heterocycles. The molecule has 0 aliphatic carbocycles. The first-order chi connectivity index (χ1) is 17.0. The molecule has 0 fully saturated rings. The first-order valence-corrected chi connectivity index (χ1v) is 12.2. The number of carbonyl (C=O) groups excluding carboxylic acids is 1. The van der Waals surface area contributed by atoms with Gasteiger partial charge in [-0.05, 0) is 37.4 Å². The predicted octanol–water partition coefficient (Wildman–Crippen LogP) is 5.21. The van der Waals surface area contributed by atoms with Gasteiger partial charge in [-0.25, -0.2) is 9.97 Å². The van der Waals surface area contributed by atoms with Crippen LogP contribution in [0.3, 0.4) is 0 Å². The summed E-state index contributed by atoms with van der Waals surface area (Å²) in [7, 11) is 3.88. The number of amides is 1. The number of anilines is 2. The van der Waals surface area contributed by atoms with Gasteiger partial charge < -0.3 is 20.6 Å². The Morgan fingerprint density at radius 1 is 1.17 bits per heavy atom. The number of fused-ring (bicyclic) bond motifs is 1. The van der Waals surface area contributed by atoms with E-state index in [1.165, 1.54) is 23.7 Å². The van der Waals surface area contributed by atoms with Gasteiger partial charge in [0.1, 0.15) is 21.3 Å². The molecule has 9 heteroatoms. The smallest absolute Gasteiger partial charge is 0.248 e. The summed E-state index contributed by atoms with van der Waals surface area (Å²) in [6.45, 7) is 0.573. The van der Waals surface area contributed by atoms with Crippen molar-refractivity contribution in [2.75, 3.05) is 37.9 Å². The van der Waals surface area contributed by atoms with Crippen molar-refractivity contribution < 1.29 is 9.90 Å². The van der Waals surface area contributed by atoms with E-state index in [1.54, 1.807) is 0 Å². The summed E-state index contributed by atoms with van der Waals surface area (Å²) < 4.78 is 0.568. The molecular weight excluding hydrogens is 482 g/mol. The number of aromatic nitrogens is 2. The lowest BCUT2D eigenvalue weighted by molar-refractivity contribution is -0.111. The minimum absolute atomic E-state index is 0.106. The lowest BCUT2D eigenvalue weighted by Gasteiger charge is -2.18. The first-order valence-electron chi connectivity index (χ1n) is 11.0. The van der Waals surface area contributed by atoms with Gasteiger partial charge in [0.25, 0.3) is 0 Å². The minimum Gasteiger partial charge on any atom is -0.394 e. The van der Waals surface area contributed by atoms with Crippen LogP contribution in [-0.2, 0) is 4.79 Å². The zero-order valence-electron chi connectivity index (χ0n) is 19.4. The Balaban J connectivity index is 1.67. The summed E-state index contributed by atoms with van der Waals surface area (Å²) in [5.41, 5.74) is 3.20. The number of aliphatic hydroxyl groups is 1. The number of nitrogens with zero attached hydrogens (tertiary/aromatic N) is 3. The molecule has 180 valence electrons. The van der Waals surface area contributed by atoms with Crippen LogP contribution >= 0.6 is 22.9 Å². The number of hydrogen-bond donors (Lipinski definition) is 3. The summed E-state index contributed by atoms with van der Waals surface area (Å²) in [6.07, 6.45) is 4.81. The van der Waals surface area contributed by atoms with Gasteiger partial charge in [0.15, 0.2) is 0 Å². The molecule has 3 N–H and O–H groups in total. The molecule has 1 atom stereocenters. The van der Waals surface area contributed by atoms with Crippen LogP contribution in [0.2, 0.25) is 4.34 Å². The van der Waals surface area contributed by atoms with E-state index in [-0.39, 0.29) is 18.6 Å². The van der Waals surface area contributed by atoms with Crippen LogP contribution in [0.25, 0.3) is 21.3 Å². The molecule has 1 amide bonds. The lowest BCUT2D eigenvalue weighted by Crippen LogP contribution is -2.15. The first kappa shape index (κ1) is 24.8. The average molecular weight is 508 g/mol. The summed E-state index contributed by atoms with van der Waals surface area (Å²) in [5, 5.41) is 17.1. The van der Waals surface area contributed by atoms with Gasteiger partial charge in [-0.15, -0.1) is 11.3 Å². The molecule has 4 rings (SSSR count). The highest BCUT2D eigenvalue weighted by atomic mass is 35.5. The molecule has 2 aromatic heterocycles. The van der Waals surface area contributed by atoms with Crippen molar-refractivity contribution in [3.8, 4) is 11.1 Å². The molecule has 0 saturated carbocycles. The monoisotopic (exact) mass is 507 g/mol. The Hall–Kier alpha value is -3.30. The van der Waals surface area contributed by atoms with Crippen molar-refractivity contribution >= 4 is 50.6 Å². The van der Waals surface area contributed by atoms with Gasteiger partial charge in [-0.2, -0.15) is 0 Å². The van der Waals surface area contributed by atoms with Gasteiger partial charge in [0.05, 0.1) is 18.0 Å². The lowest BCUT2D eigenvalue weighted by atomic mass is 10.0. The minimum atomic E-state index is -0.347. The van der Waals surface area contributed by atoms with Crippen molar-refractivity contribution in [3.05, 3.63) is 83.0 Å². The molecule has 35 heavy (non-hydrogen) atoms. The fourth-order valence-corrected chi connectivity index (χ4v) is 4.98. The molecule has 2 heterocycles. The van der Waals surface area contributed by atoms with Crippen LogP contribution in [0.1, 0.15) is 11.6 Å². The van der Waals surface area contributed by atoms with E-state index in [1.807, 2.05) is 79.7 Å². The van der Waals surface area contributed by atoms with Crippen molar-refractivity contribution in [1.29, 1.82) is 0 Å². The number of hydrogen-bond acceptors (Lipinski definition) is 7.